The Balaban J connectivity index is 1.53. The van der Waals surface area contributed by atoms with Crippen LogP contribution < -0.4 is 5.32 Å². The lowest BCUT2D eigenvalue weighted by atomic mass is 10.0. The molecule has 0 bridgehead atoms. The number of aryl methyl sites for hydroxylation is 1. The van der Waals surface area contributed by atoms with Gasteiger partial charge in [0.2, 0.25) is 0 Å². The van der Waals surface area contributed by atoms with Crippen LogP contribution in [0.3, 0.4) is 0 Å². The smallest absolute Gasteiger partial charge is 0.270 e. The molecule has 4 rings (SSSR count). The second-order valence-electron chi connectivity index (χ2n) is 6.92. The maximum Gasteiger partial charge on any atom is 0.270 e. The van der Waals surface area contributed by atoms with Gasteiger partial charge in [0.1, 0.15) is 5.69 Å². The van der Waals surface area contributed by atoms with Gasteiger partial charge in [-0.25, -0.2) is 0 Å². The number of carbonyl (C=O) groups is 1. The minimum absolute atomic E-state index is 0.0642. The molecule has 2 aromatic carbocycles. The highest BCUT2D eigenvalue weighted by Gasteiger charge is 2.26. The van der Waals surface area contributed by atoms with Crippen molar-refractivity contribution in [2.75, 3.05) is 18.4 Å². The Morgan fingerprint density at radius 2 is 2.04 bits per heavy atom. The summed E-state index contributed by atoms with van der Waals surface area (Å²) in [5.74, 6) is 0.0642. The molecule has 1 aliphatic rings. The molecule has 4 nitrogen and oxygen atoms in total. The van der Waals surface area contributed by atoms with Crippen LogP contribution in [0.15, 0.2) is 48.5 Å². The molecule has 2 N–H and O–H groups in total. The number of nitrogens with zero attached hydrogens (tertiary/aromatic N) is 1. The maximum absolute atomic E-state index is 13.1. The minimum atomic E-state index is 0.0642. The molecule has 1 atom stereocenters. The van der Waals surface area contributed by atoms with Gasteiger partial charge in [0.15, 0.2) is 0 Å². The first-order valence-corrected chi connectivity index (χ1v) is 9.38. The summed E-state index contributed by atoms with van der Waals surface area (Å²) in [6, 6.07) is 16.1. The molecule has 1 saturated heterocycles. The Kier molecular flexibility index (Phi) is 4.60. The summed E-state index contributed by atoms with van der Waals surface area (Å²) in [5.41, 5.74) is 3.68. The number of aromatic amines is 1. The first-order valence-electron chi connectivity index (χ1n) is 9.00. The standard InChI is InChI=1S/C21H22ClN3O/c1-14-18-12-15(22)9-10-19(18)24-20(14)21(26)25-11-5-8-17(13-25)23-16-6-3-2-4-7-16/h2-4,6-7,9-10,12,17,23-24H,5,8,11,13H2,1H3. The third-order valence-corrected chi connectivity index (χ3v) is 5.32. The van der Waals surface area contributed by atoms with E-state index in [0.29, 0.717) is 17.3 Å². The van der Waals surface area contributed by atoms with Crippen LogP contribution in [0.25, 0.3) is 10.9 Å². The number of piperidine rings is 1. The van der Waals surface area contributed by atoms with Crippen molar-refractivity contribution in [3.63, 3.8) is 0 Å². The molecule has 1 fully saturated rings. The largest absolute Gasteiger partial charge is 0.381 e. The van der Waals surface area contributed by atoms with E-state index in [1.165, 1.54) is 0 Å². The molecule has 0 spiro atoms. The number of benzene rings is 2. The zero-order valence-electron chi connectivity index (χ0n) is 14.8. The molecule has 2 heterocycles. The Morgan fingerprint density at radius 3 is 2.85 bits per heavy atom. The molecule has 0 aliphatic carbocycles. The lowest BCUT2D eigenvalue weighted by molar-refractivity contribution is 0.0709. The number of carbonyl (C=O) groups excluding carboxylic acids is 1. The highest BCUT2D eigenvalue weighted by Crippen LogP contribution is 2.26. The molecule has 1 amide bonds. The molecule has 0 saturated carbocycles. The number of fused-ring (bicyclic) bond motifs is 1. The molecule has 134 valence electrons. The number of rotatable bonds is 3. The van der Waals surface area contributed by atoms with Crippen molar-refractivity contribution in [1.82, 2.24) is 9.88 Å². The van der Waals surface area contributed by atoms with E-state index in [4.69, 9.17) is 11.6 Å². The number of hydrogen-bond acceptors (Lipinski definition) is 2. The van der Waals surface area contributed by atoms with Crippen LogP contribution in [0.2, 0.25) is 5.02 Å². The lowest BCUT2D eigenvalue weighted by Gasteiger charge is -2.33. The van der Waals surface area contributed by atoms with E-state index in [2.05, 4.69) is 22.4 Å². The quantitative estimate of drug-likeness (QED) is 0.695. The Morgan fingerprint density at radius 1 is 1.23 bits per heavy atom. The SMILES string of the molecule is Cc1c(C(=O)N2CCCC(Nc3ccccc3)C2)[nH]c2ccc(Cl)cc12. The molecule has 5 heteroatoms. The van der Waals surface area contributed by atoms with Crippen LogP contribution >= 0.6 is 11.6 Å². The Bertz CT molecular complexity index is 935. The molecular weight excluding hydrogens is 346 g/mol. The maximum atomic E-state index is 13.1. The van der Waals surface area contributed by atoms with E-state index in [1.807, 2.05) is 48.2 Å². The molecule has 0 radical (unpaired) electrons. The third-order valence-electron chi connectivity index (χ3n) is 5.09. The highest BCUT2D eigenvalue weighted by atomic mass is 35.5. The van der Waals surface area contributed by atoms with Crippen molar-refractivity contribution >= 4 is 34.1 Å². The van der Waals surface area contributed by atoms with Crippen LogP contribution in [-0.4, -0.2) is 34.9 Å². The van der Waals surface area contributed by atoms with Crippen molar-refractivity contribution in [2.24, 2.45) is 0 Å². The van der Waals surface area contributed by atoms with Crippen molar-refractivity contribution < 1.29 is 4.79 Å². The van der Waals surface area contributed by atoms with Gasteiger partial charge < -0.3 is 15.2 Å². The molecule has 1 unspecified atom stereocenters. The monoisotopic (exact) mass is 367 g/mol. The number of anilines is 1. The van der Waals surface area contributed by atoms with E-state index in [1.54, 1.807) is 0 Å². The zero-order chi connectivity index (χ0) is 18.1. The predicted molar refractivity (Wildman–Crippen MR) is 107 cm³/mol. The summed E-state index contributed by atoms with van der Waals surface area (Å²) in [5, 5.41) is 5.24. The highest BCUT2D eigenvalue weighted by molar-refractivity contribution is 6.31. The van der Waals surface area contributed by atoms with Crippen molar-refractivity contribution in [1.29, 1.82) is 0 Å². The summed E-state index contributed by atoms with van der Waals surface area (Å²) < 4.78 is 0. The van der Waals surface area contributed by atoms with Crippen LogP contribution in [0, 0.1) is 6.92 Å². The van der Waals surface area contributed by atoms with Crippen LogP contribution in [0.1, 0.15) is 28.9 Å². The topological polar surface area (TPSA) is 48.1 Å². The summed E-state index contributed by atoms with van der Waals surface area (Å²) in [4.78, 5) is 18.3. The number of aromatic nitrogens is 1. The predicted octanol–water partition coefficient (Wildman–Crippen LogP) is 4.85. The van der Waals surface area contributed by atoms with Crippen LogP contribution in [0.4, 0.5) is 5.69 Å². The van der Waals surface area contributed by atoms with Crippen molar-refractivity contribution in [3.05, 3.63) is 64.8 Å². The lowest BCUT2D eigenvalue weighted by Crippen LogP contribution is -2.45. The Labute approximate surface area is 158 Å². The van der Waals surface area contributed by atoms with E-state index < -0.39 is 0 Å². The molecule has 1 aliphatic heterocycles. The van der Waals surface area contributed by atoms with Gasteiger partial charge in [0.25, 0.3) is 5.91 Å². The van der Waals surface area contributed by atoms with Gasteiger partial charge in [-0.15, -0.1) is 0 Å². The number of nitrogens with one attached hydrogen (secondary N) is 2. The first-order chi connectivity index (χ1) is 12.6. The van der Waals surface area contributed by atoms with E-state index in [-0.39, 0.29) is 11.9 Å². The Hall–Kier alpha value is -2.46. The van der Waals surface area contributed by atoms with Gasteiger partial charge in [-0.1, -0.05) is 29.8 Å². The number of amides is 1. The van der Waals surface area contributed by atoms with E-state index in [9.17, 15) is 4.79 Å². The number of H-pyrrole nitrogens is 1. The molecular formula is C21H22ClN3O. The van der Waals surface area contributed by atoms with E-state index in [0.717, 1.165) is 41.5 Å². The van der Waals surface area contributed by atoms with Gasteiger partial charge in [-0.05, 0) is 55.7 Å². The molecule has 1 aromatic heterocycles. The summed E-state index contributed by atoms with van der Waals surface area (Å²) >= 11 is 6.11. The second kappa shape index (κ2) is 7.04. The average molecular weight is 368 g/mol. The van der Waals surface area contributed by atoms with Gasteiger partial charge in [-0.3, -0.25) is 4.79 Å². The average Bonchev–Trinajstić information content (AvgIpc) is 2.98. The fraction of sp³-hybridized carbons (Fsp3) is 0.286. The van der Waals surface area contributed by atoms with Gasteiger partial charge in [0, 0.05) is 40.7 Å². The summed E-state index contributed by atoms with van der Waals surface area (Å²) in [7, 11) is 0. The van der Waals surface area contributed by atoms with Gasteiger partial charge in [0.05, 0.1) is 0 Å². The fourth-order valence-electron chi connectivity index (χ4n) is 3.72. The van der Waals surface area contributed by atoms with Gasteiger partial charge >= 0.3 is 0 Å². The zero-order valence-corrected chi connectivity index (χ0v) is 15.5. The molecule has 26 heavy (non-hydrogen) atoms. The first kappa shape index (κ1) is 17.0. The van der Waals surface area contributed by atoms with Crippen LogP contribution in [0.5, 0.6) is 0 Å². The summed E-state index contributed by atoms with van der Waals surface area (Å²) in [6.07, 6.45) is 2.07. The molecule has 3 aromatic rings. The van der Waals surface area contributed by atoms with Gasteiger partial charge in [-0.2, -0.15) is 0 Å². The number of hydrogen-bond donors (Lipinski definition) is 2. The van der Waals surface area contributed by atoms with Crippen molar-refractivity contribution in [3.8, 4) is 0 Å². The van der Waals surface area contributed by atoms with Crippen LogP contribution in [-0.2, 0) is 0 Å². The summed E-state index contributed by atoms with van der Waals surface area (Å²) in [6.45, 7) is 3.48. The second-order valence-corrected chi connectivity index (χ2v) is 7.35. The van der Waals surface area contributed by atoms with Crippen molar-refractivity contribution in [2.45, 2.75) is 25.8 Å². The van der Waals surface area contributed by atoms with E-state index >= 15 is 0 Å². The third kappa shape index (κ3) is 3.29. The number of likely N-dealkylation sites (tertiary alicyclic amines) is 1. The fourth-order valence-corrected chi connectivity index (χ4v) is 3.89. The normalized spacial score (nSPS) is 17.5. The number of halogens is 1. The number of para-hydroxylation sites is 1. The minimum Gasteiger partial charge on any atom is -0.381 e.